The summed E-state index contributed by atoms with van der Waals surface area (Å²) in [5, 5.41) is 19.7. The van der Waals surface area contributed by atoms with Crippen molar-refractivity contribution < 1.29 is 14.2 Å². The maximum atomic E-state index is 12.7. The van der Waals surface area contributed by atoms with Gasteiger partial charge in [0, 0.05) is 17.2 Å². The van der Waals surface area contributed by atoms with Crippen LogP contribution in [-0.2, 0) is 0 Å². The van der Waals surface area contributed by atoms with E-state index >= 15 is 0 Å². The summed E-state index contributed by atoms with van der Waals surface area (Å²) in [6.07, 6.45) is 0. The van der Waals surface area contributed by atoms with E-state index in [4.69, 9.17) is 4.52 Å². The van der Waals surface area contributed by atoms with Gasteiger partial charge in [0.15, 0.2) is 0 Å². The van der Waals surface area contributed by atoms with Crippen LogP contribution in [0.1, 0.15) is 15.9 Å². The minimum Gasteiger partial charge on any atom is -0.334 e. The molecule has 0 atom stereocenters. The molecule has 1 amide bonds. The molecule has 4 rings (SSSR count). The summed E-state index contributed by atoms with van der Waals surface area (Å²) >= 11 is 1.50. The average Bonchev–Trinajstić information content (AvgIpc) is 3.40. The summed E-state index contributed by atoms with van der Waals surface area (Å²) in [4.78, 5) is 28.5. The number of nitro benzene ring substituents is 1. The van der Waals surface area contributed by atoms with Crippen LogP contribution in [0, 0.1) is 17.0 Å². The highest BCUT2D eigenvalue weighted by Crippen LogP contribution is 2.30. The van der Waals surface area contributed by atoms with E-state index in [1.807, 2.05) is 17.5 Å². The van der Waals surface area contributed by atoms with Gasteiger partial charge in [-0.05, 0) is 42.6 Å². The second-order valence-electron chi connectivity index (χ2n) is 6.16. The first-order valence-electron chi connectivity index (χ1n) is 8.56. The Balaban J connectivity index is 1.61. The fourth-order valence-corrected chi connectivity index (χ4v) is 3.46. The van der Waals surface area contributed by atoms with Crippen molar-refractivity contribution in [3.05, 3.63) is 81.2 Å². The van der Waals surface area contributed by atoms with E-state index in [0.29, 0.717) is 28.2 Å². The van der Waals surface area contributed by atoms with Gasteiger partial charge in [-0.2, -0.15) is 4.98 Å². The molecule has 9 heteroatoms. The smallest absolute Gasteiger partial charge is 0.272 e. The number of rotatable bonds is 5. The molecule has 4 aromatic rings. The lowest BCUT2D eigenvalue weighted by atomic mass is 10.1. The molecule has 8 nitrogen and oxygen atoms in total. The number of carbonyl (C=O) groups excluding carboxylic acids is 1. The van der Waals surface area contributed by atoms with Gasteiger partial charge in [-0.3, -0.25) is 14.9 Å². The van der Waals surface area contributed by atoms with Gasteiger partial charge in [0.25, 0.3) is 17.5 Å². The molecular formula is C20H14N4O4S. The third-order valence-electron chi connectivity index (χ3n) is 4.23. The summed E-state index contributed by atoms with van der Waals surface area (Å²) in [5.74, 6) is 0.361. The van der Waals surface area contributed by atoms with Gasteiger partial charge < -0.3 is 9.84 Å². The highest BCUT2D eigenvalue weighted by Gasteiger charge is 2.18. The van der Waals surface area contributed by atoms with Crippen LogP contribution < -0.4 is 5.32 Å². The molecule has 0 fully saturated rings. The fourth-order valence-electron chi connectivity index (χ4n) is 2.81. The number of anilines is 1. The highest BCUT2D eigenvalue weighted by atomic mass is 32.1. The van der Waals surface area contributed by atoms with Crippen LogP contribution in [0.3, 0.4) is 0 Å². The van der Waals surface area contributed by atoms with Crippen LogP contribution in [0.2, 0.25) is 0 Å². The summed E-state index contributed by atoms with van der Waals surface area (Å²) in [6, 6.07) is 15.1. The molecule has 0 aliphatic heterocycles. The lowest BCUT2D eigenvalue weighted by molar-refractivity contribution is -0.385. The van der Waals surface area contributed by atoms with Crippen LogP contribution in [0.5, 0.6) is 0 Å². The first kappa shape index (κ1) is 18.5. The molecule has 2 aromatic heterocycles. The van der Waals surface area contributed by atoms with Gasteiger partial charge in [-0.15, -0.1) is 11.3 Å². The minimum atomic E-state index is -0.479. The van der Waals surface area contributed by atoms with Crippen molar-refractivity contribution in [3.8, 4) is 22.2 Å². The number of aryl methyl sites for hydroxylation is 1. The number of nitrogens with zero attached hydrogens (tertiary/aromatic N) is 3. The molecule has 0 saturated heterocycles. The largest absolute Gasteiger partial charge is 0.334 e. The van der Waals surface area contributed by atoms with Crippen molar-refractivity contribution in [2.45, 2.75) is 6.92 Å². The van der Waals surface area contributed by atoms with E-state index in [-0.39, 0.29) is 11.6 Å². The zero-order valence-corrected chi connectivity index (χ0v) is 16.0. The molecule has 29 heavy (non-hydrogen) atoms. The van der Waals surface area contributed by atoms with Crippen LogP contribution >= 0.6 is 11.3 Å². The first-order chi connectivity index (χ1) is 14.0. The van der Waals surface area contributed by atoms with Gasteiger partial charge in [-0.1, -0.05) is 23.4 Å². The van der Waals surface area contributed by atoms with E-state index in [0.717, 1.165) is 4.88 Å². The molecule has 2 aromatic carbocycles. The predicted octanol–water partition coefficient (Wildman–Crippen LogP) is 4.93. The number of carbonyl (C=O) groups is 1. The van der Waals surface area contributed by atoms with Crippen molar-refractivity contribution in [2.75, 3.05) is 5.32 Å². The van der Waals surface area contributed by atoms with Crippen molar-refractivity contribution in [1.82, 2.24) is 10.1 Å². The molecule has 0 unspecified atom stereocenters. The van der Waals surface area contributed by atoms with Crippen molar-refractivity contribution in [3.63, 3.8) is 0 Å². The van der Waals surface area contributed by atoms with Gasteiger partial charge in [0.2, 0.25) is 5.82 Å². The molecule has 1 N–H and O–H groups in total. The van der Waals surface area contributed by atoms with Crippen molar-refractivity contribution in [1.29, 1.82) is 0 Å². The number of nitro groups is 1. The fraction of sp³-hybridized carbons (Fsp3) is 0.0500. The van der Waals surface area contributed by atoms with Crippen molar-refractivity contribution >= 4 is 28.6 Å². The summed E-state index contributed by atoms with van der Waals surface area (Å²) in [6.45, 7) is 1.59. The monoisotopic (exact) mass is 406 g/mol. The Morgan fingerprint density at radius 2 is 2.00 bits per heavy atom. The second kappa shape index (κ2) is 7.64. The van der Waals surface area contributed by atoms with Gasteiger partial charge in [-0.25, -0.2) is 0 Å². The SMILES string of the molecule is Cc1cc(C(=O)Nc2ccccc2-c2nc(-c3cccs3)no2)ccc1[N+](=O)[O-]. The number of amides is 1. The molecule has 2 heterocycles. The third-order valence-corrected chi connectivity index (χ3v) is 5.09. The maximum absolute atomic E-state index is 12.7. The Kier molecular flexibility index (Phi) is 4.88. The lowest BCUT2D eigenvalue weighted by Gasteiger charge is -2.09. The molecule has 0 aliphatic rings. The summed E-state index contributed by atoms with van der Waals surface area (Å²) in [7, 11) is 0. The van der Waals surface area contributed by atoms with Crippen LogP contribution in [0.4, 0.5) is 11.4 Å². The van der Waals surface area contributed by atoms with E-state index in [2.05, 4.69) is 15.5 Å². The van der Waals surface area contributed by atoms with E-state index in [1.165, 1.54) is 29.5 Å². The summed E-state index contributed by atoms with van der Waals surface area (Å²) < 4.78 is 5.38. The molecule has 0 saturated carbocycles. The van der Waals surface area contributed by atoms with E-state index in [9.17, 15) is 14.9 Å². The van der Waals surface area contributed by atoms with Gasteiger partial charge >= 0.3 is 0 Å². The molecular weight excluding hydrogens is 392 g/mol. The van der Waals surface area contributed by atoms with Crippen LogP contribution in [0.25, 0.3) is 22.2 Å². The topological polar surface area (TPSA) is 111 Å². The standard InChI is InChI=1S/C20H14N4O4S/c1-12-11-13(8-9-16(12)24(26)27)19(25)21-15-6-3-2-5-14(15)20-22-18(23-28-20)17-7-4-10-29-17/h2-11H,1H3,(H,21,25). The Morgan fingerprint density at radius 3 is 2.72 bits per heavy atom. The number of aromatic nitrogens is 2. The number of thiophene rings is 1. The molecule has 0 aliphatic carbocycles. The Morgan fingerprint density at radius 1 is 1.17 bits per heavy atom. The predicted molar refractivity (Wildman–Crippen MR) is 109 cm³/mol. The van der Waals surface area contributed by atoms with Crippen molar-refractivity contribution in [2.24, 2.45) is 0 Å². The van der Waals surface area contributed by atoms with Gasteiger partial charge in [0.1, 0.15) is 0 Å². The molecule has 0 radical (unpaired) electrons. The van der Waals surface area contributed by atoms with E-state index in [1.54, 1.807) is 31.2 Å². The quantitative estimate of drug-likeness (QED) is 0.371. The molecule has 144 valence electrons. The highest BCUT2D eigenvalue weighted by molar-refractivity contribution is 7.13. The minimum absolute atomic E-state index is 0.0334. The Bertz CT molecular complexity index is 1200. The number of hydrogen-bond acceptors (Lipinski definition) is 7. The normalized spacial score (nSPS) is 10.7. The number of benzene rings is 2. The zero-order chi connectivity index (χ0) is 20.4. The lowest BCUT2D eigenvalue weighted by Crippen LogP contribution is -2.13. The average molecular weight is 406 g/mol. The molecule has 0 bridgehead atoms. The number of para-hydroxylation sites is 1. The number of nitrogens with one attached hydrogen (secondary N) is 1. The van der Waals surface area contributed by atoms with E-state index < -0.39 is 10.8 Å². The zero-order valence-electron chi connectivity index (χ0n) is 15.2. The van der Waals surface area contributed by atoms with Crippen LogP contribution in [0.15, 0.2) is 64.5 Å². The third kappa shape index (κ3) is 3.76. The molecule has 0 spiro atoms. The second-order valence-corrected chi connectivity index (χ2v) is 7.11. The first-order valence-corrected chi connectivity index (χ1v) is 9.44. The summed E-state index contributed by atoms with van der Waals surface area (Å²) in [5.41, 5.74) is 1.76. The van der Waals surface area contributed by atoms with Gasteiger partial charge in [0.05, 0.1) is 21.1 Å². The Hall–Kier alpha value is -3.85. The Labute approximate surface area is 169 Å². The number of hydrogen-bond donors (Lipinski definition) is 1. The van der Waals surface area contributed by atoms with Crippen LogP contribution in [-0.4, -0.2) is 21.0 Å². The maximum Gasteiger partial charge on any atom is 0.272 e.